The molecule has 0 aliphatic carbocycles. The van der Waals surface area contributed by atoms with Crippen LogP contribution in [0, 0.1) is 10.8 Å². The van der Waals surface area contributed by atoms with Gasteiger partial charge in [-0.2, -0.15) is 0 Å². The summed E-state index contributed by atoms with van der Waals surface area (Å²) in [5, 5.41) is 76.5. The Morgan fingerprint density at radius 2 is 0.485 bits per heavy atom. The SMILES string of the molecule is CCCCCCCCCCCCCCCCCC(=O)O.CCCCCCCCCCCCCCOC(=O)CCCCCCCCCCCCC.OCC(CO)(CO)CO.OCC(CO)(CO)CO. The van der Waals surface area contributed by atoms with Crippen LogP contribution in [0.25, 0.3) is 0 Å². The summed E-state index contributed by atoms with van der Waals surface area (Å²) in [4.78, 5) is 22.1. The molecule has 0 rings (SSSR count). The zero-order valence-electron chi connectivity index (χ0n) is 44.9. The fourth-order valence-corrected chi connectivity index (χ4v) is 7.38. The summed E-state index contributed by atoms with van der Waals surface area (Å²) >= 11 is 0. The third kappa shape index (κ3) is 57.2. The Bertz CT molecular complexity index is 890. The van der Waals surface area contributed by atoms with Crippen LogP contribution in [0.5, 0.6) is 0 Å². The van der Waals surface area contributed by atoms with Gasteiger partial charge in [0, 0.05) is 12.8 Å². The fourth-order valence-electron chi connectivity index (χ4n) is 7.38. The molecule has 0 aromatic heterocycles. The first-order valence-electron chi connectivity index (χ1n) is 28.3. The molecule has 0 aromatic carbocycles. The predicted molar refractivity (Wildman–Crippen MR) is 282 cm³/mol. The maximum absolute atomic E-state index is 11.8. The first-order chi connectivity index (χ1) is 33.1. The van der Waals surface area contributed by atoms with Crippen LogP contribution < -0.4 is 0 Å². The van der Waals surface area contributed by atoms with Crippen molar-refractivity contribution in [3.05, 3.63) is 0 Å². The van der Waals surface area contributed by atoms with Crippen molar-refractivity contribution >= 4 is 11.9 Å². The molecule has 0 aliphatic heterocycles. The molecule has 0 aliphatic rings. The molecule has 9 N–H and O–H groups in total. The Morgan fingerprint density at radius 1 is 0.294 bits per heavy atom. The van der Waals surface area contributed by atoms with Crippen LogP contribution in [-0.4, -0.2) is 117 Å². The number of ether oxygens (including phenoxy) is 1. The highest BCUT2D eigenvalue weighted by Crippen LogP contribution is 2.17. The highest BCUT2D eigenvalue weighted by atomic mass is 16.5. The van der Waals surface area contributed by atoms with E-state index >= 15 is 0 Å². The lowest BCUT2D eigenvalue weighted by atomic mass is 9.93. The van der Waals surface area contributed by atoms with Gasteiger partial charge in [0.05, 0.1) is 70.3 Å². The Labute approximate surface area is 418 Å². The molecule has 0 atom stereocenters. The number of rotatable bonds is 49. The van der Waals surface area contributed by atoms with E-state index in [9.17, 15) is 9.59 Å². The average molecular weight is 982 g/mol. The van der Waals surface area contributed by atoms with Crippen LogP contribution in [0.15, 0.2) is 0 Å². The van der Waals surface area contributed by atoms with Gasteiger partial charge in [0.25, 0.3) is 0 Å². The summed E-state index contributed by atoms with van der Waals surface area (Å²) in [6.07, 6.45) is 51.5. The second-order valence-corrected chi connectivity index (χ2v) is 19.8. The van der Waals surface area contributed by atoms with Crippen LogP contribution >= 0.6 is 0 Å². The largest absolute Gasteiger partial charge is 0.481 e. The van der Waals surface area contributed by atoms with Gasteiger partial charge in [-0.05, 0) is 19.3 Å². The van der Waals surface area contributed by atoms with Gasteiger partial charge in [0.15, 0.2) is 0 Å². The highest BCUT2D eigenvalue weighted by Gasteiger charge is 2.27. The number of carboxylic acids is 1. The fraction of sp³-hybridized carbons (Fsp3) is 0.964. The first-order valence-corrected chi connectivity index (χ1v) is 28.3. The number of carbonyl (C=O) groups is 2. The van der Waals surface area contributed by atoms with E-state index in [-0.39, 0.29) is 5.97 Å². The third-order valence-corrected chi connectivity index (χ3v) is 12.9. The van der Waals surface area contributed by atoms with E-state index in [1.165, 1.54) is 218 Å². The minimum Gasteiger partial charge on any atom is -0.481 e. The van der Waals surface area contributed by atoms with Crippen LogP contribution in [0.2, 0.25) is 0 Å². The molecular weight excluding hydrogens is 865 g/mol. The van der Waals surface area contributed by atoms with Gasteiger partial charge >= 0.3 is 11.9 Å². The van der Waals surface area contributed by atoms with E-state index in [0.29, 0.717) is 19.4 Å². The molecule has 0 unspecified atom stereocenters. The lowest BCUT2D eigenvalue weighted by Gasteiger charge is -2.23. The maximum Gasteiger partial charge on any atom is 0.305 e. The van der Waals surface area contributed by atoms with Crippen LogP contribution in [-0.2, 0) is 14.3 Å². The van der Waals surface area contributed by atoms with Gasteiger partial charge < -0.3 is 50.7 Å². The summed E-state index contributed by atoms with van der Waals surface area (Å²) in [6.45, 7) is 4.20. The monoisotopic (exact) mass is 981 g/mol. The first kappa shape index (κ1) is 73.2. The van der Waals surface area contributed by atoms with E-state index in [1.54, 1.807) is 0 Å². The summed E-state index contributed by atoms with van der Waals surface area (Å²) in [7, 11) is 0. The van der Waals surface area contributed by atoms with Crippen LogP contribution in [0.4, 0.5) is 0 Å². The molecule has 68 heavy (non-hydrogen) atoms. The highest BCUT2D eigenvalue weighted by molar-refractivity contribution is 5.69. The minimum atomic E-state index is -1.11. The van der Waals surface area contributed by atoms with Gasteiger partial charge in [0.1, 0.15) is 0 Å². The Kier molecular flexibility index (Phi) is 66.4. The molecule has 12 heteroatoms. The number of hydrogen-bond acceptors (Lipinski definition) is 11. The molecular formula is C56H116O12. The third-order valence-electron chi connectivity index (χ3n) is 12.9. The zero-order chi connectivity index (χ0) is 51.5. The molecule has 0 spiro atoms. The molecule has 0 amide bonds. The number of aliphatic carboxylic acids is 1. The topological polar surface area (TPSA) is 225 Å². The number of unbranched alkanes of at least 4 members (excludes halogenated alkanes) is 35. The second kappa shape index (κ2) is 61.7. The quantitative estimate of drug-likeness (QED) is 0.0205. The Balaban J connectivity index is -0.000000458. The van der Waals surface area contributed by atoms with Crippen LogP contribution in [0.3, 0.4) is 0 Å². The lowest BCUT2D eigenvalue weighted by Crippen LogP contribution is -2.37. The molecule has 0 heterocycles. The standard InChI is InChI=1S/C28H56O2.C18H36O2.2C5H12O4/c1-3-5-7-9-11-13-15-17-19-21-23-25-27-30-28(29)26-24-22-20-18-16-14-12-10-8-6-4-2;1-2-3-4-5-6-7-8-9-10-11-12-13-14-15-16-17-18(19)20;2*6-1-5(2-7,3-8)4-9/h3-27H2,1-2H3;2-17H2,1H3,(H,19,20);2*6-9H,1-4H2. The zero-order valence-corrected chi connectivity index (χ0v) is 44.9. The molecule has 0 saturated heterocycles. The van der Waals surface area contributed by atoms with Gasteiger partial charge in [-0.1, -0.05) is 245 Å². The Hall–Kier alpha value is -1.38. The smallest absolute Gasteiger partial charge is 0.305 e. The van der Waals surface area contributed by atoms with Crippen molar-refractivity contribution in [2.45, 2.75) is 278 Å². The minimum absolute atomic E-state index is 0.0222. The van der Waals surface area contributed by atoms with Crippen LogP contribution in [0.1, 0.15) is 278 Å². The van der Waals surface area contributed by atoms with Gasteiger partial charge in [-0.15, -0.1) is 0 Å². The van der Waals surface area contributed by atoms with Crippen molar-refractivity contribution in [1.82, 2.24) is 0 Å². The van der Waals surface area contributed by atoms with Crippen molar-refractivity contribution in [3.63, 3.8) is 0 Å². The second-order valence-electron chi connectivity index (χ2n) is 19.8. The van der Waals surface area contributed by atoms with E-state index in [4.69, 9.17) is 50.7 Å². The number of carbonyl (C=O) groups excluding carboxylic acids is 1. The van der Waals surface area contributed by atoms with Crippen molar-refractivity contribution in [1.29, 1.82) is 0 Å². The number of esters is 1. The summed E-state index contributed by atoms with van der Waals surface area (Å²) in [6, 6.07) is 0. The molecule has 0 saturated carbocycles. The molecule has 0 fully saturated rings. The molecule has 412 valence electrons. The van der Waals surface area contributed by atoms with E-state index in [1.807, 2.05) is 0 Å². The van der Waals surface area contributed by atoms with E-state index in [2.05, 4.69) is 20.8 Å². The normalized spacial score (nSPS) is 11.3. The van der Waals surface area contributed by atoms with Crippen molar-refractivity contribution in [2.75, 3.05) is 59.5 Å². The summed E-state index contributed by atoms with van der Waals surface area (Å²) < 4.78 is 5.39. The number of hydrogen-bond donors (Lipinski definition) is 9. The van der Waals surface area contributed by atoms with E-state index < -0.39 is 69.7 Å². The van der Waals surface area contributed by atoms with Crippen molar-refractivity contribution in [2.24, 2.45) is 10.8 Å². The lowest BCUT2D eigenvalue weighted by molar-refractivity contribution is -0.144. The number of carboxylic acid groups (broad SMARTS) is 1. The molecule has 0 radical (unpaired) electrons. The predicted octanol–water partition coefficient (Wildman–Crippen LogP) is 12.1. The van der Waals surface area contributed by atoms with E-state index in [0.717, 1.165) is 25.7 Å². The average Bonchev–Trinajstić information content (AvgIpc) is 3.35. The van der Waals surface area contributed by atoms with Gasteiger partial charge in [0.2, 0.25) is 0 Å². The van der Waals surface area contributed by atoms with Crippen molar-refractivity contribution in [3.8, 4) is 0 Å². The number of aliphatic hydroxyl groups is 8. The summed E-state index contributed by atoms with van der Waals surface area (Å²) in [5.74, 6) is -0.631. The maximum atomic E-state index is 11.8. The van der Waals surface area contributed by atoms with Crippen molar-refractivity contribution < 1.29 is 60.3 Å². The number of aliphatic hydroxyl groups excluding tert-OH is 8. The molecule has 0 aromatic rings. The van der Waals surface area contributed by atoms with Gasteiger partial charge in [-0.3, -0.25) is 9.59 Å². The summed E-state index contributed by atoms with van der Waals surface area (Å²) in [5.41, 5.74) is -2.22. The van der Waals surface area contributed by atoms with Gasteiger partial charge in [-0.25, -0.2) is 0 Å². The molecule has 0 bridgehead atoms. The molecule has 12 nitrogen and oxygen atoms in total. The Morgan fingerprint density at radius 3 is 0.676 bits per heavy atom.